The topological polar surface area (TPSA) is 63.3 Å². The van der Waals surface area contributed by atoms with E-state index in [1.54, 1.807) is 0 Å². The Morgan fingerprint density at radius 1 is 1.38 bits per heavy atom. The molecular weight excluding hydrogens is 311 g/mol. The van der Waals surface area contributed by atoms with Gasteiger partial charge >= 0.3 is 12.1 Å². The fourth-order valence-electron chi connectivity index (χ4n) is 1.67. The van der Waals surface area contributed by atoms with Crippen molar-refractivity contribution in [1.82, 2.24) is 4.98 Å². The van der Waals surface area contributed by atoms with E-state index in [0.29, 0.717) is 0 Å². The highest BCUT2D eigenvalue weighted by atomic mass is 35.5. The lowest BCUT2D eigenvalue weighted by molar-refractivity contribution is -0.138. The standard InChI is InChI=1S/C13H9ClF3NO3/c14-9-2-1-7(5-8(9)13(15,16)17)10-6-21-11(18-10)3-4-12(19)20/h1-2,5-6H,3-4H2,(H,19,20). The first kappa shape index (κ1) is 15.4. The van der Waals surface area contributed by atoms with Crippen molar-refractivity contribution in [3.05, 3.63) is 40.9 Å². The fraction of sp³-hybridized carbons (Fsp3) is 0.231. The van der Waals surface area contributed by atoms with E-state index in [1.165, 1.54) is 12.3 Å². The number of benzene rings is 1. The predicted octanol–water partition coefficient (Wildman–Crippen LogP) is 4.03. The lowest BCUT2D eigenvalue weighted by Crippen LogP contribution is -2.06. The molecule has 112 valence electrons. The van der Waals surface area contributed by atoms with Crippen LogP contribution < -0.4 is 0 Å². The first-order valence-corrected chi connectivity index (χ1v) is 6.18. The number of carboxylic acids is 1. The zero-order chi connectivity index (χ0) is 15.6. The van der Waals surface area contributed by atoms with Crippen molar-refractivity contribution < 1.29 is 27.5 Å². The molecule has 1 aromatic heterocycles. The maximum atomic E-state index is 12.8. The average Bonchev–Trinajstić information content (AvgIpc) is 2.84. The number of hydrogen-bond acceptors (Lipinski definition) is 3. The van der Waals surface area contributed by atoms with Gasteiger partial charge in [-0.3, -0.25) is 4.79 Å². The lowest BCUT2D eigenvalue weighted by atomic mass is 10.1. The molecule has 0 amide bonds. The summed E-state index contributed by atoms with van der Waals surface area (Å²) in [7, 11) is 0. The SMILES string of the molecule is O=C(O)CCc1nc(-c2ccc(Cl)c(C(F)(F)F)c2)co1. The summed E-state index contributed by atoms with van der Waals surface area (Å²) in [4.78, 5) is 14.4. The monoisotopic (exact) mass is 319 g/mol. The van der Waals surface area contributed by atoms with Crippen LogP contribution in [0.2, 0.25) is 5.02 Å². The molecule has 0 saturated heterocycles. The largest absolute Gasteiger partial charge is 0.481 e. The van der Waals surface area contributed by atoms with Crippen molar-refractivity contribution in [2.24, 2.45) is 0 Å². The number of alkyl halides is 3. The van der Waals surface area contributed by atoms with Crippen LogP contribution in [0.25, 0.3) is 11.3 Å². The van der Waals surface area contributed by atoms with E-state index in [0.717, 1.165) is 12.1 Å². The number of halogens is 4. The van der Waals surface area contributed by atoms with Gasteiger partial charge in [-0.25, -0.2) is 4.98 Å². The van der Waals surface area contributed by atoms with E-state index in [2.05, 4.69) is 4.98 Å². The molecule has 0 bridgehead atoms. The minimum Gasteiger partial charge on any atom is -0.481 e. The number of aliphatic carboxylic acids is 1. The molecule has 0 atom stereocenters. The summed E-state index contributed by atoms with van der Waals surface area (Å²) < 4.78 is 43.3. The van der Waals surface area contributed by atoms with Crippen LogP contribution in [-0.4, -0.2) is 16.1 Å². The first-order chi connectivity index (χ1) is 9.77. The summed E-state index contributed by atoms with van der Waals surface area (Å²) in [6.45, 7) is 0. The summed E-state index contributed by atoms with van der Waals surface area (Å²) >= 11 is 5.53. The summed E-state index contributed by atoms with van der Waals surface area (Å²) in [5, 5.41) is 8.14. The Kier molecular flexibility index (Phi) is 4.22. The van der Waals surface area contributed by atoms with Crippen LogP contribution in [0.3, 0.4) is 0 Å². The molecule has 0 aliphatic heterocycles. The quantitative estimate of drug-likeness (QED) is 0.924. The molecule has 1 N–H and O–H groups in total. The second-order valence-corrected chi connectivity index (χ2v) is 4.62. The Balaban J connectivity index is 2.28. The van der Waals surface area contributed by atoms with Gasteiger partial charge in [0.15, 0.2) is 5.89 Å². The first-order valence-electron chi connectivity index (χ1n) is 5.80. The van der Waals surface area contributed by atoms with Crippen molar-refractivity contribution >= 4 is 17.6 Å². The van der Waals surface area contributed by atoms with E-state index >= 15 is 0 Å². The van der Waals surface area contributed by atoms with Crippen LogP contribution in [-0.2, 0) is 17.4 Å². The van der Waals surface area contributed by atoms with Gasteiger partial charge in [-0.2, -0.15) is 13.2 Å². The summed E-state index contributed by atoms with van der Waals surface area (Å²) in [6.07, 6.45) is -3.49. The van der Waals surface area contributed by atoms with Crippen LogP contribution in [0.1, 0.15) is 17.9 Å². The van der Waals surface area contributed by atoms with Gasteiger partial charge in [0.2, 0.25) is 0 Å². The molecule has 0 unspecified atom stereocenters. The maximum Gasteiger partial charge on any atom is 0.417 e. The average molecular weight is 320 g/mol. The number of carbonyl (C=O) groups is 1. The number of aryl methyl sites for hydroxylation is 1. The molecule has 0 saturated carbocycles. The molecule has 0 fully saturated rings. The fourth-order valence-corrected chi connectivity index (χ4v) is 1.90. The Bertz CT molecular complexity index is 667. The third-order valence-electron chi connectivity index (χ3n) is 2.67. The number of carboxylic acid groups (broad SMARTS) is 1. The summed E-state index contributed by atoms with van der Waals surface area (Å²) in [6, 6.07) is 3.39. The van der Waals surface area contributed by atoms with E-state index in [4.69, 9.17) is 21.1 Å². The van der Waals surface area contributed by atoms with Gasteiger partial charge < -0.3 is 9.52 Å². The zero-order valence-electron chi connectivity index (χ0n) is 10.4. The van der Waals surface area contributed by atoms with Crippen LogP contribution in [0.15, 0.2) is 28.9 Å². The highest BCUT2D eigenvalue weighted by Gasteiger charge is 2.33. The van der Waals surface area contributed by atoms with Gasteiger partial charge in [0, 0.05) is 12.0 Å². The molecule has 0 aliphatic rings. The Labute approximate surface area is 122 Å². The van der Waals surface area contributed by atoms with E-state index < -0.39 is 22.7 Å². The second-order valence-electron chi connectivity index (χ2n) is 4.21. The molecule has 21 heavy (non-hydrogen) atoms. The van der Waals surface area contributed by atoms with Gasteiger partial charge in [0.25, 0.3) is 0 Å². The van der Waals surface area contributed by atoms with Crippen LogP contribution >= 0.6 is 11.6 Å². The van der Waals surface area contributed by atoms with E-state index in [9.17, 15) is 18.0 Å². The number of aromatic nitrogens is 1. The summed E-state index contributed by atoms with van der Waals surface area (Å²) in [5.74, 6) is -0.864. The van der Waals surface area contributed by atoms with Crippen LogP contribution in [0.5, 0.6) is 0 Å². The second kappa shape index (κ2) is 5.77. The highest BCUT2D eigenvalue weighted by molar-refractivity contribution is 6.31. The van der Waals surface area contributed by atoms with Gasteiger partial charge in [0.05, 0.1) is 17.0 Å². The van der Waals surface area contributed by atoms with Gasteiger partial charge in [-0.1, -0.05) is 17.7 Å². The number of oxazole rings is 1. The molecule has 0 aliphatic carbocycles. The smallest absolute Gasteiger partial charge is 0.417 e. The van der Waals surface area contributed by atoms with Gasteiger partial charge in [0.1, 0.15) is 12.0 Å². The Morgan fingerprint density at radius 2 is 2.10 bits per heavy atom. The van der Waals surface area contributed by atoms with Crippen LogP contribution in [0.4, 0.5) is 13.2 Å². The Morgan fingerprint density at radius 3 is 2.71 bits per heavy atom. The van der Waals surface area contributed by atoms with Gasteiger partial charge in [-0.15, -0.1) is 0 Å². The number of nitrogens with zero attached hydrogens (tertiary/aromatic N) is 1. The molecule has 1 heterocycles. The zero-order valence-corrected chi connectivity index (χ0v) is 11.2. The predicted molar refractivity (Wildman–Crippen MR) is 67.9 cm³/mol. The third kappa shape index (κ3) is 3.75. The van der Waals surface area contributed by atoms with E-state index in [1.807, 2.05) is 0 Å². The minimum atomic E-state index is -4.57. The third-order valence-corrected chi connectivity index (χ3v) is 3.00. The minimum absolute atomic E-state index is 0.0645. The molecule has 0 radical (unpaired) electrons. The summed E-state index contributed by atoms with van der Waals surface area (Å²) in [5.41, 5.74) is -0.577. The molecule has 0 spiro atoms. The number of rotatable bonds is 4. The van der Waals surface area contributed by atoms with Crippen molar-refractivity contribution in [1.29, 1.82) is 0 Å². The van der Waals surface area contributed by atoms with Crippen LogP contribution in [0, 0.1) is 0 Å². The van der Waals surface area contributed by atoms with Gasteiger partial charge in [-0.05, 0) is 12.1 Å². The number of hydrogen-bond donors (Lipinski definition) is 1. The molecule has 2 aromatic rings. The maximum absolute atomic E-state index is 12.8. The van der Waals surface area contributed by atoms with Crippen molar-refractivity contribution in [2.75, 3.05) is 0 Å². The molecule has 2 rings (SSSR count). The Hall–Kier alpha value is -2.02. The van der Waals surface area contributed by atoms with Crippen molar-refractivity contribution in [2.45, 2.75) is 19.0 Å². The van der Waals surface area contributed by atoms with Crippen molar-refractivity contribution in [3.8, 4) is 11.3 Å². The lowest BCUT2D eigenvalue weighted by Gasteiger charge is -2.09. The molecular formula is C13H9ClF3NO3. The molecule has 4 nitrogen and oxygen atoms in total. The highest BCUT2D eigenvalue weighted by Crippen LogP contribution is 2.37. The van der Waals surface area contributed by atoms with Crippen molar-refractivity contribution in [3.63, 3.8) is 0 Å². The molecule has 8 heteroatoms. The normalized spacial score (nSPS) is 11.6. The van der Waals surface area contributed by atoms with E-state index in [-0.39, 0.29) is 30.0 Å². The molecule has 1 aromatic carbocycles.